The molecule has 70 valence electrons. The lowest BCUT2D eigenvalue weighted by molar-refractivity contribution is 0.397. The predicted octanol–water partition coefficient (Wildman–Crippen LogP) is 1.55. The highest BCUT2D eigenvalue weighted by molar-refractivity contribution is 5.53. The van der Waals surface area contributed by atoms with Crippen LogP contribution in [0.15, 0.2) is 36.8 Å². The van der Waals surface area contributed by atoms with Crippen molar-refractivity contribution in [3.05, 3.63) is 36.8 Å². The van der Waals surface area contributed by atoms with Gasteiger partial charge in [-0.05, 0) is 12.1 Å². The highest BCUT2D eigenvalue weighted by atomic mass is 16.5. The molecule has 2 aromatic rings. The van der Waals surface area contributed by atoms with Crippen molar-refractivity contribution >= 4 is 0 Å². The first-order valence-corrected chi connectivity index (χ1v) is 4.17. The molecule has 0 aromatic carbocycles. The molecule has 0 radical (unpaired) electrons. The molecule has 0 aliphatic rings. The van der Waals surface area contributed by atoms with Crippen LogP contribution < -0.4 is 4.74 Å². The van der Waals surface area contributed by atoms with Gasteiger partial charge in [-0.1, -0.05) is 0 Å². The number of nitrogens with zero attached hydrogens (tertiary/aromatic N) is 3. The van der Waals surface area contributed by atoms with Gasteiger partial charge in [0.2, 0.25) is 5.88 Å². The van der Waals surface area contributed by atoms with Crippen molar-refractivity contribution in [1.29, 1.82) is 0 Å². The third kappa shape index (κ3) is 1.69. The Bertz CT molecular complexity index is 417. The summed E-state index contributed by atoms with van der Waals surface area (Å²) in [4.78, 5) is 12.3. The van der Waals surface area contributed by atoms with Crippen LogP contribution in [0, 0.1) is 0 Å². The lowest BCUT2D eigenvalue weighted by Crippen LogP contribution is -1.92. The topological polar surface area (TPSA) is 47.9 Å². The van der Waals surface area contributed by atoms with Gasteiger partial charge in [0, 0.05) is 30.2 Å². The molecule has 0 fully saturated rings. The average molecular weight is 187 g/mol. The van der Waals surface area contributed by atoms with E-state index in [1.165, 1.54) is 0 Å². The van der Waals surface area contributed by atoms with E-state index in [-0.39, 0.29) is 0 Å². The van der Waals surface area contributed by atoms with E-state index < -0.39 is 0 Å². The van der Waals surface area contributed by atoms with Crippen LogP contribution in [0.4, 0.5) is 0 Å². The average Bonchev–Trinajstić information content (AvgIpc) is 2.30. The zero-order valence-corrected chi connectivity index (χ0v) is 7.71. The van der Waals surface area contributed by atoms with Crippen molar-refractivity contribution in [2.75, 3.05) is 7.11 Å². The number of methoxy groups -OCH3 is 1. The minimum Gasteiger partial charge on any atom is -0.481 e. The molecule has 4 heteroatoms. The van der Waals surface area contributed by atoms with Gasteiger partial charge in [0.1, 0.15) is 0 Å². The molecule has 0 atom stereocenters. The summed E-state index contributed by atoms with van der Waals surface area (Å²) in [6.45, 7) is 0. The molecular weight excluding hydrogens is 178 g/mol. The summed E-state index contributed by atoms with van der Waals surface area (Å²) in [6, 6.07) is 5.42. The first-order chi connectivity index (χ1) is 6.90. The zero-order valence-electron chi connectivity index (χ0n) is 7.71. The number of rotatable bonds is 2. The fraction of sp³-hybridized carbons (Fsp3) is 0.100. The van der Waals surface area contributed by atoms with Crippen LogP contribution in [0.3, 0.4) is 0 Å². The molecule has 0 saturated heterocycles. The highest BCUT2D eigenvalue weighted by Gasteiger charge is 2.01. The van der Waals surface area contributed by atoms with Gasteiger partial charge in [0.25, 0.3) is 0 Å². The predicted molar refractivity (Wildman–Crippen MR) is 51.8 cm³/mol. The Morgan fingerprint density at radius 2 is 1.86 bits per heavy atom. The number of ether oxygens (including phenoxy) is 1. The lowest BCUT2D eigenvalue weighted by Gasteiger charge is -2.01. The SMILES string of the molecule is COc1ccnc(-c2ccncc2)n1. The Morgan fingerprint density at radius 3 is 2.57 bits per heavy atom. The number of hydrogen-bond acceptors (Lipinski definition) is 4. The molecule has 0 aliphatic carbocycles. The van der Waals surface area contributed by atoms with Gasteiger partial charge in [-0.25, -0.2) is 4.98 Å². The van der Waals surface area contributed by atoms with Crippen LogP contribution in [0.1, 0.15) is 0 Å². The summed E-state index contributed by atoms with van der Waals surface area (Å²) in [5.74, 6) is 1.21. The molecule has 0 spiro atoms. The maximum atomic E-state index is 5.01. The van der Waals surface area contributed by atoms with E-state index in [2.05, 4.69) is 15.0 Å². The summed E-state index contributed by atoms with van der Waals surface area (Å²) in [7, 11) is 1.58. The van der Waals surface area contributed by atoms with Gasteiger partial charge in [0.05, 0.1) is 7.11 Å². The van der Waals surface area contributed by atoms with Crippen LogP contribution in [0.2, 0.25) is 0 Å². The molecule has 0 aliphatic heterocycles. The van der Waals surface area contributed by atoms with E-state index >= 15 is 0 Å². The van der Waals surface area contributed by atoms with Crippen molar-refractivity contribution in [1.82, 2.24) is 15.0 Å². The molecule has 0 amide bonds. The van der Waals surface area contributed by atoms with E-state index in [9.17, 15) is 0 Å². The van der Waals surface area contributed by atoms with Crippen molar-refractivity contribution in [3.8, 4) is 17.3 Å². The molecule has 2 aromatic heterocycles. The molecule has 2 heterocycles. The lowest BCUT2D eigenvalue weighted by atomic mass is 10.2. The summed E-state index contributed by atoms with van der Waals surface area (Å²) in [5.41, 5.74) is 0.930. The first kappa shape index (κ1) is 8.62. The maximum Gasteiger partial charge on any atom is 0.216 e. The molecule has 14 heavy (non-hydrogen) atoms. The Kier molecular flexibility index (Phi) is 2.36. The van der Waals surface area contributed by atoms with Crippen LogP contribution >= 0.6 is 0 Å². The summed E-state index contributed by atoms with van der Waals surface area (Å²) in [6.07, 6.45) is 5.08. The van der Waals surface area contributed by atoms with E-state index in [1.54, 1.807) is 31.8 Å². The largest absolute Gasteiger partial charge is 0.481 e. The molecular formula is C10H9N3O. The second-order valence-electron chi connectivity index (χ2n) is 2.66. The third-order valence-electron chi connectivity index (χ3n) is 1.78. The van der Waals surface area contributed by atoms with E-state index in [0.29, 0.717) is 11.7 Å². The Morgan fingerprint density at radius 1 is 1.07 bits per heavy atom. The first-order valence-electron chi connectivity index (χ1n) is 4.17. The van der Waals surface area contributed by atoms with E-state index in [1.807, 2.05) is 12.1 Å². The quantitative estimate of drug-likeness (QED) is 0.715. The van der Waals surface area contributed by atoms with Crippen molar-refractivity contribution < 1.29 is 4.74 Å². The van der Waals surface area contributed by atoms with Gasteiger partial charge >= 0.3 is 0 Å². The van der Waals surface area contributed by atoms with Gasteiger partial charge in [-0.3, -0.25) is 4.98 Å². The molecule has 0 saturated carbocycles. The van der Waals surface area contributed by atoms with Gasteiger partial charge in [-0.2, -0.15) is 4.98 Å². The van der Waals surface area contributed by atoms with Crippen molar-refractivity contribution in [2.24, 2.45) is 0 Å². The fourth-order valence-corrected chi connectivity index (χ4v) is 1.10. The van der Waals surface area contributed by atoms with Crippen LogP contribution in [-0.4, -0.2) is 22.1 Å². The monoisotopic (exact) mass is 187 g/mol. The molecule has 0 unspecified atom stereocenters. The van der Waals surface area contributed by atoms with Crippen molar-refractivity contribution in [2.45, 2.75) is 0 Å². The summed E-state index contributed by atoms with van der Waals surface area (Å²) in [5, 5.41) is 0. The standard InChI is InChI=1S/C10H9N3O/c1-14-9-4-7-12-10(13-9)8-2-5-11-6-3-8/h2-7H,1H3. The second-order valence-corrected chi connectivity index (χ2v) is 2.66. The molecule has 0 N–H and O–H groups in total. The molecule has 2 rings (SSSR count). The summed E-state index contributed by atoms with van der Waals surface area (Å²) < 4.78 is 5.01. The van der Waals surface area contributed by atoms with Crippen LogP contribution in [0.25, 0.3) is 11.4 Å². The minimum absolute atomic E-state index is 0.562. The van der Waals surface area contributed by atoms with Crippen LogP contribution in [-0.2, 0) is 0 Å². The van der Waals surface area contributed by atoms with E-state index in [0.717, 1.165) is 5.56 Å². The smallest absolute Gasteiger partial charge is 0.216 e. The van der Waals surface area contributed by atoms with Crippen LogP contribution in [0.5, 0.6) is 5.88 Å². The van der Waals surface area contributed by atoms with Gasteiger partial charge in [-0.15, -0.1) is 0 Å². The Labute approximate surface area is 81.6 Å². The minimum atomic E-state index is 0.562. The Balaban J connectivity index is 2.42. The second kappa shape index (κ2) is 3.83. The number of hydrogen-bond donors (Lipinski definition) is 0. The maximum absolute atomic E-state index is 5.01. The zero-order chi connectivity index (χ0) is 9.80. The van der Waals surface area contributed by atoms with E-state index in [4.69, 9.17) is 4.74 Å². The van der Waals surface area contributed by atoms with Crippen molar-refractivity contribution in [3.63, 3.8) is 0 Å². The molecule has 4 nitrogen and oxygen atoms in total. The number of pyridine rings is 1. The Hall–Kier alpha value is -1.97. The summed E-state index contributed by atoms with van der Waals surface area (Å²) >= 11 is 0. The molecule has 0 bridgehead atoms. The third-order valence-corrected chi connectivity index (χ3v) is 1.78. The van der Waals surface area contributed by atoms with Gasteiger partial charge in [0.15, 0.2) is 5.82 Å². The number of aromatic nitrogens is 3. The normalized spacial score (nSPS) is 9.79. The fourth-order valence-electron chi connectivity index (χ4n) is 1.10. The highest BCUT2D eigenvalue weighted by Crippen LogP contribution is 2.15. The van der Waals surface area contributed by atoms with Gasteiger partial charge < -0.3 is 4.74 Å².